The van der Waals surface area contributed by atoms with Crippen LogP contribution in [0, 0.1) is 52.3 Å². The van der Waals surface area contributed by atoms with Crippen molar-refractivity contribution in [1.82, 2.24) is 0 Å². The summed E-state index contributed by atoms with van der Waals surface area (Å²) in [4.78, 5) is 12.3. The summed E-state index contributed by atoms with van der Waals surface area (Å²) in [6.45, 7) is 16.6. The average molecular weight is 472 g/mol. The van der Waals surface area contributed by atoms with Crippen LogP contribution < -0.4 is 5.73 Å². The van der Waals surface area contributed by atoms with Crippen molar-refractivity contribution in [2.45, 2.75) is 118 Å². The lowest BCUT2D eigenvalue weighted by Crippen LogP contribution is -2.54. The van der Waals surface area contributed by atoms with Gasteiger partial charge in [-0.25, -0.2) is 4.79 Å². The molecule has 0 aliphatic heterocycles. The molecular formula is C31H53NO2. The fraction of sp³-hybridized carbons (Fsp3) is 0.903. The summed E-state index contributed by atoms with van der Waals surface area (Å²) in [7, 11) is 0. The third-order valence-corrected chi connectivity index (χ3v) is 11.6. The van der Waals surface area contributed by atoms with E-state index in [0.717, 1.165) is 48.3 Å². The predicted octanol–water partition coefficient (Wildman–Crippen LogP) is 7.53. The zero-order chi connectivity index (χ0) is 24.7. The Balaban J connectivity index is 1.40. The molecule has 4 saturated carbocycles. The molecule has 0 heterocycles. The Morgan fingerprint density at radius 2 is 1.68 bits per heavy atom. The van der Waals surface area contributed by atoms with E-state index in [1.54, 1.807) is 0 Å². The fourth-order valence-corrected chi connectivity index (χ4v) is 9.67. The van der Waals surface area contributed by atoms with Crippen molar-refractivity contribution in [1.29, 1.82) is 0 Å². The molecule has 4 fully saturated rings. The van der Waals surface area contributed by atoms with Crippen LogP contribution in [-0.4, -0.2) is 18.6 Å². The van der Waals surface area contributed by atoms with Crippen molar-refractivity contribution in [3.8, 4) is 0 Å². The lowest BCUT2D eigenvalue weighted by Gasteiger charge is -2.61. The van der Waals surface area contributed by atoms with Crippen LogP contribution in [0.4, 0.5) is 0 Å². The molecule has 3 heteroatoms. The summed E-state index contributed by atoms with van der Waals surface area (Å²) in [5.41, 5.74) is 6.99. The second-order valence-corrected chi connectivity index (χ2v) is 13.8. The first-order valence-electron chi connectivity index (χ1n) is 14.7. The van der Waals surface area contributed by atoms with Gasteiger partial charge in [-0.05, 0) is 110 Å². The number of hydrogen-bond donors (Lipinski definition) is 1. The molecule has 194 valence electrons. The van der Waals surface area contributed by atoms with Gasteiger partial charge < -0.3 is 10.5 Å². The topological polar surface area (TPSA) is 52.3 Å². The normalized spacial score (nSPS) is 42.4. The van der Waals surface area contributed by atoms with Crippen LogP contribution in [0.25, 0.3) is 0 Å². The molecule has 0 aromatic heterocycles. The molecule has 2 N–H and O–H groups in total. The molecule has 0 bridgehead atoms. The lowest BCUT2D eigenvalue weighted by atomic mass is 9.44. The SMILES string of the molecule is C=C(CN)C(=O)O[C@H]1CC[C@@]2(C)[C@@H](CC[C@H]3C4CC[C@H]([C@H](C)CCCC(C)C)[C@@]4(C)CC[C@@H]32)C1. The Hall–Kier alpha value is -0.830. The molecule has 0 amide bonds. The van der Waals surface area contributed by atoms with Crippen LogP contribution in [-0.2, 0) is 9.53 Å². The number of carbonyl (C=O) groups is 1. The first-order chi connectivity index (χ1) is 16.1. The zero-order valence-corrected chi connectivity index (χ0v) is 22.9. The van der Waals surface area contributed by atoms with Gasteiger partial charge in [-0.1, -0.05) is 60.5 Å². The van der Waals surface area contributed by atoms with Gasteiger partial charge in [0.25, 0.3) is 0 Å². The number of nitrogens with two attached hydrogens (primary N) is 1. The van der Waals surface area contributed by atoms with Crippen LogP contribution in [0.5, 0.6) is 0 Å². The summed E-state index contributed by atoms with van der Waals surface area (Å²) < 4.78 is 5.83. The minimum Gasteiger partial charge on any atom is -0.459 e. The molecule has 0 saturated heterocycles. The minimum absolute atomic E-state index is 0.0573. The molecule has 34 heavy (non-hydrogen) atoms. The Kier molecular flexibility index (Phi) is 7.92. The van der Waals surface area contributed by atoms with E-state index < -0.39 is 0 Å². The van der Waals surface area contributed by atoms with Gasteiger partial charge in [-0.15, -0.1) is 0 Å². The molecule has 1 unspecified atom stereocenters. The lowest BCUT2D eigenvalue weighted by molar-refractivity contribution is -0.159. The van der Waals surface area contributed by atoms with E-state index >= 15 is 0 Å². The quantitative estimate of drug-likeness (QED) is 0.294. The van der Waals surface area contributed by atoms with Crippen molar-refractivity contribution in [3.63, 3.8) is 0 Å². The Morgan fingerprint density at radius 3 is 2.38 bits per heavy atom. The van der Waals surface area contributed by atoms with E-state index in [0.29, 0.717) is 22.3 Å². The predicted molar refractivity (Wildman–Crippen MR) is 141 cm³/mol. The Morgan fingerprint density at radius 1 is 0.971 bits per heavy atom. The zero-order valence-electron chi connectivity index (χ0n) is 22.9. The third kappa shape index (κ3) is 4.76. The van der Waals surface area contributed by atoms with Gasteiger partial charge >= 0.3 is 5.97 Å². The molecule has 3 nitrogen and oxygen atoms in total. The van der Waals surface area contributed by atoms with Gasteiger partial charge in [0, 0.05) is 12.1 Å². The largest absolute Gasteiger partial charge is 0.459 e. The van der Waals surface area contributed by atoms with Gasteiger partial charge in [-0.2, -0.15) is 0 Å². The standard InChI is InChI=1S/C31H53NO2/c1-20(2)8-7-9-21(3)26-12-13-27-25-11-10-23-18-24(34-29(33)22(4)19-32)14-16-30(23,5)28(25)15-17-31(26,27)6/h20-21,23-28H,4,7-19,32H2,1-3,5-6H3/t21-,23+,24+,25+,26-,27?,28+,30+,31-/m1/s1. The molecule has 0 spiro atoms. The Labute approximate surface area is 210 Å². The minimum atomic E-state index is -0.280. The number of rotatable bonds is 8. The van der Waals surface area contributed by atoms with Crippen molar-refractivity contribution < 1.29 is 9.53 Å². The summed E-state index contributed by atoms with van der Waals surface area (Å²) in [6, 6.07) is 0. The summed E-state index contributed by atoms with van der Waals surface area (Å²) >= 11 is 0. The van der Waals surface area contributed by atoms with Crippen LogP contribution >= 0.6 is 0 Å². The summed E-state index contributed by atoms with van der Waals surface area (Å²) in [5, 5.41) is 0. The van der Waals surface area contributed by atoms with E-state index in [2.05, 4.69) is 41.2 Å². The highest BCUT2D eigenvalue weighted by Gasteiger charge is 2.60. The van der Waals surface area contributed by atoms with Gasteiger partial charge in [-0.3, -0.25) is 0 Å². The average Bonchev–Trinajstić information content (AvgIpc) is 3.15. The molecule has 4 aliphatic rings. The number of carbonyl (C=O) groups excluding carboxylic acids is 1. The maximum atomic E-state index is 12.3. The van der Waals surface area contributed by atoms with Crippen molar-refractivity contribution in [3.05, 3.63) is 12.2 Å². The molecule has 4 rings (SSSR count). The maximum Gasteiger partial charge on any atom is 0.334 e. The van der Waals surface area contributed by atoms with Crippen molar-refractivity contribution in [2.75, 3.05) is 6.54 Å². The fourth-order valence-electron chi connectivity index (χ4n) is 9.67. The van der Waals surface area contributed by atoms with E-state index in [1.165, 1.54) is 64.2 Å². The highest BCUT2D eigenvalue weighted by Crippen LogP contribution is 2.68. The Bertz CT molecular complexity index is 746. The number of hydrogen-bond acceptors (Lipinski definition) is 3. The summed E-state index contributed by atoms with van der Waals surface area (Å²) in [6.07, 6.45) is 16.1. The highest BCUT2D eigenvalue weighted by atomic mass is 16.5. The monoisotopic (exact) mass is 471 g/mol. The third-order valence-electron chi connectivity index (χ3n) is 11.6. The highest BCUT2D eigenvalue weighted by molar-refractivity contribution is 5.88. The number of ether oxygens (including phenoxy) is 1. The van der Waals surface area contributed by atoms with Gasteiger partial charge in [0.15, 0.2) is 0 Å². The van der Waals surface area contributed by atoms with Gasteiger partial charge in [0.05, 0.1) is 0 Å². The second-order valence-electron chi connectivity index (χ2n) is 13.8. The molecular weight excluding hydrogens is 418 g/mol. The summed E-state index contributed by atoms with van der Waals surface area (Å²) in [5.74, 6) is 5.79. The van der Waals surface area contributed by atoms with E-state index in [-0.39, 0.29) is 18.6 Å². The molecule has 0 aromatic rings. The van der Waals surface area contributed by atoms with Crippen molar-refractivity contribution in [2.24, 2.45) is 58.0 Å². The van der Waals surface area contributed by atoms with Crippen LogP contribution in [0.1, 0.15) is 112 Å². The van der Waals surface area contributed by atoms with Gasteiger partial charge in [0.1, 0.15) is 6.10 Å². The molecule has 0 aromatic carbocycles. The van der Waals surface area contributed by atoms with Crippen molar-refractivity contribution >= 4 is 5.97 Å². The van der Waals surface area contributed by atoms with E-state index in [9.17, 15) is 4.79 Å². The molecule has 4 aliphatic carbocycles. The van der Waals surface area contributed by atoms with Crippen LogP contribution in [0.2, 0.25) is 0 Å². The van der Waals surface area contributed by atoms with E-state index in [1.807, 2.05) is 0 Å². The number of esters is 1. The first-order valence-corrected chi connectivity index (χ1v) is 14.7. The van der Waals surface area contributed by atoms with Crippen LogP contribution in [0.3, 0.4) is 0 Å². The first kappa shape index (κ1) is 26.2. The van der Waals surface area contributed by atoms with Gasteiger partial charge in [0.2, 0.25) is 0 Å². The smallest absolute Gasteiger partial charge is 0.334 e. The van der Waals surface area contributed by atoms with Crippen LogP contribution in [0.15, 0.2) is 12.2 Å². The molecule has 9 atom stereocenters. The van der Waals surface area contributed by atoms with E-state index in [4.69, 9.17) is 10.5 Å². The second kappa shape index (κ2) is 10.3. The maximum absolute atomic E-state index is 12.3. The number of fused-ring (bicyclic) bond motifs is 5. The molecule has 0 radical (unpaired) electrons.